The van der Waals surface area contributed by atoms with Gasteiger partial charge in [-0.1, -0.05) is 0 Å². The third-order valence-corrected chi connectivity index (χ3v) is 1.95. The Kier molecular flexibility index (Phi) is 2.45. The van der Waals surface area contributed by atoms with Crippen LogP contribution in [-0.4, -0.2) is 29.8 Å². The molecule has 1 amide bonds. The second-order valence-corrected chi connectivity index (χ2v) is 2.96. The van der Waals surface area contributed by atoms with Crippen molar-refractivity contribution in [2.75, 3.05) is 0 Å². The molecule has 0 saturated carbocycles. The maximum Gasteiger partial charge on any atom is 0.273 e. The van der Waals surface area contributed by atoms with Gasteiger partial charge in [-0.3, -0.25) is 9.89 Å². The fourth-order valence-electron chi connectivity index (χ4n) is 0.835. The summed E-state index contributed by atoms with van der Waals surface area (Å²) in [5.41, 5.74) is 0.314. The minimum absolute atomic E-state index is 0.268. The number of aromatic amines is 1. The summed E-state index contributed by atoms with van der Waals surface area (Å²) < 4.78 is 7.51. The van der Waals surface area contributed by atoms with Gasteiger partial charge in [0.15, 0.2) is 5.69 Å². The van der Waals surface area contributed by atoms with Crippen LogP contribution in [0.4, 0.5) is 0 Å². The lowest BCUT2D eigenvalue weighted by Gasteiger charge is -1.98. The Morgan fingerprint density at radius 2 is 2.57 bits per heavy atom. The molecule has 0 aromatic carbocycles. The van der Waals surface area contributed by atoms with E-state index in [1.54, 1.807) is 0 Å². The van der Waals surface area contributed by atoms with Crippen molar-refractivity contribution >= 4 is 17.6 Å². The molecule has 72 valence electrons. The van der Waals surface area contributed by atoms with Gasteiger partial charge < -0.3 is 5.32 Å². The lowest BCUT2D eigenvalue weighted by molar-refractivity contribution is 0.0946. The highest BCUT2D eigenvalue weighted by Gasteiger charge is 2.08. The largest absolute Gasteiger partial charge is 0.343 e. The van der Waals surface area contributed by atoms with E-state index in [0.29, 0.717) is 18.1 Å². The second-order valence-electron chi connectivity index (χ2n) is 2.41. The molecule has 2 N–H and O–H groups in total. The molecule has 0 unspecified atom stereocenters. The van der Waals surface area contributed by atoms with E-state index in [9.17, 15) is 4.79 Å². The van der Waals surface area contributed by atoms with Crippen LogP contribution >= 0.6 is 11.7 Å². The molecule has 0 radical (unpaired) electrons. The minimum Gasteiger partial charge on any atom is -0.343 e. The molecular weight excluding hydrogens is 204 g/mol. The Morgan fingerprint density at radius 3 is 3.21 bits per heavy atom. The highest BCUT2D eigenvalue weighted by atomic mass is 32.1. The first kappa shape index (κ1) is 8.75. The predicted octanol–water partition coefficient (Wildman–Crippen LogP) is -0.414. The van der Waals surface area contributed by atoms with Crippen molar-refractivity contribution in [1.82, 2.24) is 29.2 Å². The van der Waals surface area contributed by atoms with E-state index in [1.807, 2.05) is 0 Å². The monoisotopic (exact) mass is 210 g/mol. The summed E-state index contributed by atoms with van der Waals surface area (Å²) in [7, 11) is 0. The number of hydrogen-bond donors (Lipinski definition) is 2. The van der Waals surface area contributed by atoms with Crippen molar-refractivity contribution in [2.24, 2.45) is 0 Å². The molecule has 8 heteroatoms. The fourth-order valence-corrected chi connectivity index (χ4v) is 1.25. The quantitative estimate of drug-likeness (QED) is 0.717. The molecule has 0 aliphatic rings. The number of carbonyl (C=O) groups is 1. The molecule has 0 aliphatic carbocycles. The van der Waals surface area contributed by atoms with Gasteiger partial charge in [0.05, 0.1) is 24.5 Å². The summed E-state index contributed by atoms with van der Waals surface area (Å²) in [6.45, 7) is 0.302. The van der Waals surface area contributed by atoms with Gasteiger partial charge in [0.25, 0.3) is 5.91 Å². The molecule has 14 heavy (non-hydrogen) atoms. The van der Waals surface area contributed by atoms with E-state index in [4.69, 9.17) is 0 Å². The van der Waals surface area contributed by atoms with Crippen LogP contribution in [-0.2, 0) is 6.54 Å². The average molecular weight is 210 g/mol. The Balaban J connectivity index is 1.90. The van der Waals surface area contributed by atoms with Crippen molar-refractivity contribution in [3.8, 4) is 0 Å². The number of rotatable bonds is 3. The molecule has 2 heterocycles. The third-order valence-electron chi connectivity index (χ3n) is 1.48. The van der Waals surface area contributed by atoms with Crippen molar-refractivity contribution in [2.45, 2.75) is 6.54 Å². The van der Waals surface area contributed by atoms with Gasteiger partial charge >= 0.3 is 0 Å². The summed E-state index contributed by atoms with van der Waals surface area (Å²) in [6, 6.07) is 0. The van der Waals surface area contributed by atoms with Crippen molar-refractivity contribution in [3.05, 3.63) is 24.0 Å². The van der Waals surface area contributed by atoms with E-state index in [2.05, 4.69) is 29.2 Å². The summed E-state index contributed by atoms with van der Waals surface area (Å²) in [5.74, 6) is 0.330. The van der Waals surface area contributed by atoms with Crippen LogP contribution < -0.4 is 5.32 Å². The van der Waals surface area contributed by atoms with Crippen LogP contribution in [0.5, 0.6) is 0 Å². The van der Waals surface area contributed by atoms with E-state index < -0.39 is 0 Å². The van der Waals surface area contributed by atoms with Crippen LogP contribution in [0.25, 0.3) is 0 Å². The maximum absolute atomic E-state index is 11.3. The number of nitrogens with zero attached hydrogens (tertiary/aromatic N) is 4. The summed E-state index contributed by atoms with van der Waals surface area (Å²) >= 11 is 0.995. The van der Waals surface area contributed by atoms with Gasteiger partial charge in [-0.05, 0) is 0 Å². The smallest absolute Gasteiger partial charge is 0.273 e. The predicted molar refractivity (Wildman–Crippen MR) is 47.5 cm³/mol. The minimum atomic E-state index is -0.268. The Bertz CT molecular complexity index is 396. The molecule has 0 aliphatic heterocycles. The van der Waals surface area contributed by atoms with Crippen molar-refractivity contribution in [3.63, 3.8) is 0 Å². The fraction of sp³-hybridized carbons (Fsp3) is 0.167. The number of hydrogen-bond acceptors (Lipinski definition) is 6. The average Bonchev–Trinajstić information content (AvgIpc) is 2.87. The number of aromatic nitrogens is 5. The van der Waals surface area contributed by atoms with Gasteiger partial charge in [0, 0.05) is 0 Å². The molecule has 2 aromatic rings. The Labute approximate surface area is 82.9 Å². The molecule has 0 saturated heterocycles. The van der Waals surface area contributed by atoms with Crippen molar-refractivity contribution in [1.29, 1.82) is 0 Å². The molecule has 2 aromatic heterocycles. The first-order chi connectivity index (χ1) is 6.86. The zero-order chi connectivity index (χ0) is 9.80. The molecule has 0 fully saturated rings. The lowest BCUT2D eigenvalue weighted by atomic mass is 10.4. The van der Waals surface area contributed by atoms with Crippen LogP contribution in [0.3, 0.4) is 0 Å². The molecule has 7 nitrogen and oxygen atoms in total. The third kappa shape index (κ3) is 1.91. The Morgan fingerprint density at radius 1 is 1.64 bits per heavy atom. The van der Waals surface area contributed by atoms with Gasteiger partial charge in [-0.2, -0.15) is 13.8 Å². The van der Waals surface area contributed by atoms with E-state index >= 15 is 0 Å². The maximum atomic E-state index is 11.3. The van der Waals surface area contributed by atoms with Gasteiger partial charge in [-0.25, -0.2) is 4.98 Å². The van der Waals surface area contributed by atoms with Gasteiger partial charge in [0.2, 0.25) is 0 Å². The first-order valence-electron chi connectivity index (χ1n) is 3.76. The Hall–Kier alpha value is -1.83. The number of nitrogens with one attached hydrogen (secondary N) is 2. The normalized spacial score (nSPS) is 10.0. The highest BCUT2D eigenvalue weighted by molar-refractivity contribution is 6.99. The van der Waals surface area contributed by atoms with Crippen LogP contribution in [0.15, 0.2) is 12.5 Å². The van der Waals surface area contributed by atoms with E-state index in [1.165, 1.54) is 12.5 Å². The molecular formula is C6H6N6OS. The lowest BCUT2D eigenvalue weighted by Crippen LogP contribution is -2.23. The highest BCUT2D eigenvalue weighted by Crippen LogP contribution is 1.95. The summed E-state index contributed by atoms with van der Waals surface area (Å²) in [5, 5.41) is 8.90. The SMILES string of the molecule is O=C(NCc1ncn[nH]1)c1cnsn1. The first-order valence-corrected chi connectivity index (χ1v) is 4.49. The number of carbonyl (C=O) groups excluding carboxylic acids is 1. The summed E-state index contributed by atoms with van der Waals surface area (Å²) in [6.07, 6.45) is 2.80. The van der Waals surface area contributed by atoms with E-state index in [-0.39, 0.29) is 5.91 Å². The molecule has 0 spiro atoms. The van der Waals surface area contributed by atoms with Gasteiger partial charge in [0.1, 0.15) is 12.2 Å². The van der Waals surface area contributed by atoms with Crippen LogP contribution in [0.1, 0.15) is 16.3 Å². The van der Waals surface area contributed by atoms with Crippen molar-refractivity contribution < 1.29 is 4.79 Å². The van der Waals surface area contributed by atoms with Crippen LogP contribution in [0, 0.1) is 0 Å². The second kappa shape index (κ2) is 3.92. The zero-order valence-electron chi connectivity index (χ0n) is 6.97. The molecule has 0 bridgehead atoms. The molecule has 2 rings (SSSR count). The van der Waals surface area contributed by atoms with E-state index in [0.717, 1.165) is 11.7 Å². The van der Waals surface area contributed by atoms with Crippen LogP contribution in [0.2, 0.25) is 0 Å². The number of amides is 1. The number of H-pyrrole nitrogens is 1. The summed E-state index contributed by atoms with van der Waals surface area (Å²) in [4.78, 5) is 15.2. The zero-order valence-corrected chi connectivity index (χ0v) is 7.78. The van der Waals surface area contributed by atoms with Gasteiger partial charge in [-0.15, -0.1) is 0 Å². The molecule has 0 atom stereocenters. The topological polar surface area (TPSA) is 96.5 Å². The standard InChI is InChI=1S/C6H6N6OS/c13-6(4-1-10-14-12-4)7-2-5-8-3-9-11-5/h1,3H,2H2,(H,7,13)(H,8,9,11).